The largest absolute Gasteiger partial charge is 0.494 e. The van der Waals surface area contributed by atoms with Gasteiger partial charge in [-0.2, -0.15) is 0 Å². The molecule has 0 spiro atoms. The SMILES string of the molecule is CCCCCCCCOc1ccc(-c2ccc(C(=O)Oc3ccc(OC(C)CC(C)OC(C)C)cc3)cc2)cc1. The first-order valence-electron chi connectivity index (χ1n) is 14.8. The third kappa shape index (κ3) is 11.1. The van der Waals surface area contributed by atoms with E-state index in [2.05, 4.69) is 13.8 Å². The maximum Gasteiger partial charge on any atom is 0.343 e. The van der Waals surface area contributed by atoms with Gasteiger partial charge in [0.25, 0.3) is 0 Å². The highest BCUT2D eigenvalue weighted by molar-refractivity contribution is 5.91. The van der Waals surface area contributed by atoms with Crippen LogP contribution in [0.2, 0.25) is 0 Å². The summed E-state index contributed by atoms with van der Waals surface area (Å²) < 4.78 is 23.2. The van der Waals surface area contributed by atoms with Crippen molar-refractivity contribution >= 4 is 5.97 Å². The van der Waals surface area contributed by atoms with Crippen LogP contribution in [0.5, 0.6) is 17.2 Å². The van der Waals surface area contributed by atoms with Crippen LogP contribution in [-0.4, -0.2) is 30.9 Å². The summed E-state index contributed by atoms with van der Waals surface area (Å²) >= 11 is 0. The van der Waals surface area contributed by atoms with E-state index in [1.165, 1.54) is 32.1 Å². The molecule has 0 radical (unpaired) electrons. The second kappa shape index (κ2) is 16.7. The van der Waals surface area contributed by atoms with Crippen molar-refractivity contribution in [3.63, 3.8) is 0 Å². The van der Waals surface area contributed by atoms with Crippen molar-refractivity contribution in [3.8, 4) is 28.4 Å². The van der Waals surface area contributed by atoms with E-state index in [0.29, 0.717) is 11.3 Å². The zero-order valence-corrected chi connectivity index (χ0v) is 24.9. The molecule has 0 bridgehead atoms. The molecule has 5 heteroatoms. The predicted octanol–water partition coefficient (Wildman–Crippen LogP) is 9.28. The highest BCUT2D eigenvalue weighted by Gasteiger charge is 2.13. The van der Waals surface area contributed by atoms with Crippen LogP contribution in [0.15, 0.2) is 72.8 Å². The van der Waals surface area contributed by atoms with Crippen molar-refractivity contribution in [2.45, 2.75) is 97.9 Å². The smallest absolute Gasteiger partial charge is 0.343 e. The van der Waals surface area contributed by atoms with Crippen molar-refractivity contribution in [1.82, 2.24) is 0 Å². The van der Waals surface area contributed by atoms with E-state index in [4.69, 9.17) is 18.9 Å². The van der Waals surface area contributed by atoms with Gasteiger partial charge in [-0.25, -0.2) is 4.79 Å². The monoisotopic (exact) mass is 546 g/mol. The molecule has 0 aromatic heterocycles. The fourth-order valence-corrected chi connectivity index (χ4v) is 4.64. The second-order valence-corrected chi connectivity index (χ2v) is 10.7. The normalized spacial score (nSPS) is 12.7. The fourth-order valence-electron chi connectivity index (χ4n) is 4.64. The van der Waals surface area contributed by atoms with Crippen molar-refractivity contribution in [1.29, 1.82) is 0 Å². The molecule has 5 nitrogen and oxygen atoms in total. The lowest BCUT2D eigenvalue weighted by Crippen LogP contribution is -2.23. The lowest BCUT2D eigenvalue weighted by atomic mass is 10.0. The van der Waals surface area contributed by atoms with Crippen LogP contribution >= 0.6 is 0 Å². The van der Waals surface area contributed by atoms with Gasteiger partial charge in [-0.15, -0.1) is 0 Å². The Morgan fingerprint density at radius 1 is 0.650 bits per heavy atom. The first-order valence-corrected chi connectivity index (χ1v) is 14.8. The average molecular weight is 547 g/mol. The summed E-state index contributed by atoms with van der Waals surface area (Å²) in [6.07, 6.45) is 8.63. The third-order valence-corrected chi connectivity index (χ3v) is 6.61. The molecular formula is C35H46O5. The Hall–Kier alpha value is -3.31. The molecule has 0 saturated heterocycles. The van der Waals surface area contributed by atoms with Crippen LogP contribution < -0.4 is 14.2 Å². The van der Waals surface area contributed by atoms with Crippen molar-refractivity contribution in [3.05, 3.63) is 78.4 Å². The van der Waals surface area contributed by atoms with E-state index in [9.17, 15) is 4.79 Å². The molecular weight excluding hydrogens is 500 g/mol. The number of esters is 1. The molecule has 216 valence electrons. The molecule has 3 aromatic carbocycles. The maximum absolute atomic E-state index is 12.7. The summed E-state index contributed by atoms with van der Waals surface area (Å²) in [5.74, 6) is 1.69. The number of rotatable bonds is 17. The number of carbonyl (C=O) groups excluding carboxylic acids is 1. The van der Waals surface area contributed by atoms with Crippen LogP contribution in [0.1, 0.15) is 89.9 Å². The number of ether oxygens (including phenoxy) is 4. The Kier molecular flexibility index (Phi) is 13.0. The Bertz CT molecular complexity index is 1120. The molecule has 3 aromatic rings. The van der Waals surface area contributed by atoms with Gasteiger partial charge in [0.1, 0.15) is 17.2 Å². The summed E-state index contributed by atoms with van der Waals surface area (Å²) in [6, 6.07) is 22.7. The highest BCUT2D eigenvalue weighted by atomic mass is 16.5. The predicted molar refractivity (Wildman–Crippen MR) is 163 cm³/mol. The van der Waals surface area contributed by atoms with Gasteiger partial charge in [0.05, 0.1) is 30.5 Å². The molecule has 0 heterocycles. The molecule has 40 heavy (non-hydrogen) atoms. The van der Waals surface area contributed by atoms with E-state index in [0.717, 1.165) is 42.1 Å². The minimum atomic E-state index is -0.397. The van der Waals surface area contributed by atoms with Crippen molar-refractivity contribution < 1.29 is 23.7 Å². The molecule has 0 aliphatic heterocycles. The fraction of sp³-hybridized carbons (Fsp3) is 0.457. The summed E-state index contributed by atoms with van der Waals surface area (Å²) in [6.45, 7) is 11.1. The number of unbranched alkanes of at least 4 members (excludes halogenated alkanes) is 5. The Morgan fingerprint density at radius 3 is 1.82 bits per heavy atom. The van der Waals surface area contributed by atoms with Crippen LogP contribution in [0.3, 0.4) is 0 Å². The third-order valence-electron chi connectivity index (χ3n) is 6.61. The summed E-state index contributed by atoms with van der Waals surface area (Å²) in [4.78, 5) is 12.7. The Balaban J connectivity index is 1.45. The second-order valence-electron chi connectivity index (χ2n) is 10.7. The van der Waals surface area contributed by atoms with Gasteiger partial charge in [-0.3, -0.25) is 0 Å². The first-order chi connectivity index (χ1) is 19.3. The van der Waals surface area contributed by atoms with Gasteiger partial charge >= 0.3 is 5.97 Å². The van der Waals surface area contributed by atoms with Crippen LogP contribution in [0.4, 0.5) is 0 Å². The summed E-state index contributed by atoms with van der Waals surface area (Å²) in [7, 11) is 0. The van der Waals surface area contributed by atoms with Gasteiger partial charge in [0, 0.05) is 6.42 Å². The van der Waals surface area contributed by atoms with E-state index >= 15 is 0 Å². The zero-order chi connectivity index (χ0) is 28.7. The van der Waals surface area contributed by atoms with E-state index in [1.807, 2.05) is 69.3 Å². The minimum absolute atomic E-state index is 0.00880. The molecule has 0 amide bonds. The number of benzene rings is 3. The summed E-state index contributed by atoms with van der Waals surface area (Å²) in [5.41, 5.74) is 2.60. The standard InChI is InChI=1S/C35H46O5/c1-6-7-8-9-10-11-24-37-32-18-16-30(17-19-32)29-12-14-31(15-13-29)35(36)40-34-22-20-33(21-23-34)39-28(5)25-27(4)38-26(2)3/h12-23,26-28H,6-11,24-25H2,1-5H3. The first kappa shape index (κ1) is 31.2. The maximum atomic E-state index is 12.7. The molecule has 0 saturated carbocycles. The topological polar surface area (TPSA) is 54.0 Å². The molecule has 0 N–H and O–H groups in total. The summed E-state index contributed by atoms with van der Waals surface area (Å²) in [5, 5.41) is 0. The average Bonchev–Trinajstić information content (AvgIpc) is 2.93. The van der Waals surface area contributed by atoms with Crippen LogP contribution in [-0.2, 0) is 4.74 Å². The number of hydrogen-bond acceptors (Lipinski definition) is 5. The molecule has 0 aliphatic rings. The van der Waals surface area contributed by atoms with E-state index in [-0.39, 0.29) is 18.3 Å². The lowest BCUT2D eigenvalue weighted by Gasteiger charge is -2.21. The molecule has 0 aliphatic carbocycles. The minimum Gasteiger partial charge on any atom is -0.494 e. The van der Waals surface area contributed by atoms with Gasteiger partial charge in [0.2, 0.25) is 0 Å². The highest BCUT2D eigenvalue weighted by Crippen LogP contribution is 2.25. The Morgan fingerprint density at radius 2 is 1.20 bits per heavy atom. The van der Waals surface area contributed by atoms with Crippen LogP contribution in [0, 0.1) is 0 Å². The Labute approximate surface area is 240 Å². The number of carbonyl (C=O) groups is 1. The molecule has 2 unspecified atom stereocenters. The van der Waals surface area contributed by atoms with Crippen molar-refractivity contribution in [2.24, 2.45) is 0 Å². The number of hydrogen-bond donors (Lipinski definition) is 0. The van der Waals surface area contributed by atoms with Gasteiger partial charge < -0.3 is 18.9 Å². The van der Waals surface area contributed by atoms with Crippen molar-refractivity contribution in [2.75, 3.05) is 6.61 Å². The van der Waals surface area contributed by atoms with Gasteiger partial charge in [-0.1, -0.05) is 63.3 Å². The molecule has 3 rings (SSSR count). The zero-order valence-electron chi connectivity index (χ0n) is 24.9. The van der Waals surface area contributed by atoms with Crippen LogP contribution in [0.25, 0.3) is 11.1 Å². The van der Waals surface area contributed by atoms with Gasteiger partial charge in [0.15, 0.2) is 0 Å². The van der Waals surface area contributed by atoms with E-state index < -0.39 is 5.97 Å². The lowest BCUT2D eigenvalue weighted by molar-refractivity contribution is -0.00317. The van der Waals surface area contributed by atoms with Gasteiger partial charge in [-0.05, 0) is 93.8 Å². The molecule has 0 fully saturated rings. The van der Waals surface area contributed by atoms with E-state index in [1.54, 1.807) is 24.3 Å². The molecule has 2 atom stereocenters. The quantitative estimate of drug-likeness (QED) is 0.0959.